The predicted molar refractivity (Wildman–Crippen MR) is 102 cm³/mol. The molecule has 6 heteroatoms. The van der Waals surface area contributed by atoms with Crippen LogP contribution in [0.1, 0.15) is 28.4 Å². The van der Waals surface area contributed by atoms with E-state index in [9.17, 15) is 19.7 Å². The number of hydrogen-bond donors (Lipinski definition) is 3. The lowest BCUT2D eigenvalue weighted by Crippen LogP contribution is -2.54. The topological polar surface area (TPSA) is 79.2 Å². The molecule has 0 saturated carbocycles. The second kappa shape index (κ2) is 8.72. The second-order valence-corrected chi connectivity index (χ2v) is 6.81. The smallest absolute Gasteiger partial charge is 0.122 e. The van der Waals surface area contributed by atoms with E-state index >= 15 is 0 Å². The third kappa shape index (κ3) is 4.03. The van der Waals surface area contributed by atoms with Gasteiger partial charge in [0.05, 0.1) is 7.11 Å². The highest BCUT2D eigenvalue weighted by Gasteiger charge is 2.44. The van der Waals surface area contributed by atoms with Crippen LogP contribution in [0.4, 0.5) is 4.39 Å². The number of halogens is 1. The van der Waals surface area contributed by atoms with Gasteiger partial charge in [0.25, 0.3) is 0 Å². The molecule has 0 bridgehead atoms. The van der Waals surface area contributed by atoms with E-state index in [1.54, 1.807) is 25.3 Å². The number of benzene rings is 2. The lowest BCUT2D eigenvalue weighted by molar-refractivity contribution is -0.227. The van der Waals surface area contributed by atoms with E-state index in [2.05, 4.69) is 5.92 Å². The molecule has 28 heavy (non-hydrogen) atoms. The maximum Gasteiger partial charge on any atom is 0.122 e. The van der Waals surface area contributed by atoms with Gasteiger partial charge in [0.2, 0.25) is 0 Å². The van der Waals surface area contributed by atoms with E-state index in [4.69, 9.17) is 15.9 Å². The van der Waals surface area contributed by atoms with Crippen LogP contribution in [-0.4, -0.2) is 53.5 Å². The molecular formula is C22H23FO5. The summed E-state index contributed by atoms with van der Waals surface area (Å²) in [6, 6.07) is 12.8. The zero-order chi connectivity index (χ0) is 20.3. The molecule has 5 nitrogen and oxygen atoms in total. The van der Waals surface area contributed by atoms with Gasteiger partial charge in [-0.3, -0.25) is 0 Å². The Hall–Kier alpha value is -2.43. The number of ether oxygens (including phenoxy) is 2. The number of rotatable bonds is 5. The Bertz CT molecular complexity index is 843. The van der Waals surface area contributed by atoms with Gasteiger partial charge in [-0.25, -0.2) is 4.39 Å². The third-order valence-electron chi connectivity index (χ3n) is 5.01. The van der Waals surface area contributed by atoms with E-state index in [0.717, 1.165) is 16.7 Å². The highest BCUT2D eigenvalue weighted by molar-refractivity contribution is 5.43. The van der Waals surface area contributed by atoms with E-state index in [-0.39, 0.29) is 0 Å². The minimum absolute atomic E-state index is 0.544. The molecule has 2 aromatic rings. The molecule has 0 radical (unpaired) electrons. The molecule has 1 aliphatic rings. The van der Waals surface area contributed by atoms with Gasteiger partial charge >= 0.3 is 0 Å². The van der Waals surface area contributed by atoms with Gasteiger partial charge in [0.1, 0.15) is 42.9 Å². The summed E-state index contributed by atoms with van der Waals surface area (Å²) in [7, 11) is 1.56. The maximum absolute atomic E-state index is 13.2. The van der Waals surface area contributed by atoms with Gasteiger partial charge in [0, 0.05) is 12.0 Å². The number of aliphatic hydroxyl groups is 3. The standard InChI is InChI=1S/C22H23FO5/c1-3-13-4-6-14(7-5-13)10-16-11-15(8-9-17(16)27-2)22-21(26)20(25)19(24)18(12-23)28-22/h1,4-9,11,18-22,24-26H,10,12H2,2H3/t18-,19-,20+,21-,22+/m1/s1. The lowest BCUT2D eigenvalue weighted by atomic mass is 9.90. The highest BCUT2D eigenvalue weighted by atomic mass is 19.1. The predicted octanol–water partition coefficient (Wildman–Crippen LogP) is 1.76. The average Bonchev–Trinajstić information content (AvgIpc) is 2.73. The normalized spacial score (nSPS) is 27.2. The molecule has 0 unspecified atom stereocenters. The molecule has 0 spiro atoms. The average molecular weight is 386 g/mol. The van der Waals surface area contributed by atoms with Crippen molar-refractivity contribution in [3.63, 3.8) is 0 Å². The number of methoxy groups -OCH3 is 1. The number of aliphatic hydroxyl groups excluding tert-OH is 3. The van der Waals surface area contributed by atoms with Crippen molar-refractivity contribution in [2.45, 2.75) is 36.9 Å². The van der Waals surface area contributed by atoms with Crippen molar-refractivity contribution in [1.29, 1.82) is 0 Å². The molecule has 1 heterocycles. The van der Waals surface area contributed by atoms with Crippen molar-refractivity contribution in [1.82, 2.24) is 0 Å². The van der Waals surface area contributed by atoms with Gasteiger partial charge in [0.15, 0.2) is 0 Å². The van der Waals surface area contributed by atoms with E-state index in [0.29, 0.717) is 17.7 Å². The van der Waals surface area contributed by atoms with Crippen molar-refractivity contribution in [2.24, 2.45) is 0 Å². The summed E-state index contributed by atoms with van der Waals surface area (Å²) >= 11 is 0. The second-order valence-electron chi connectivity index (χ2n) is 6.81. The molecule has 3 N–H and O–H groups in total. The molecule has 2 aromatic carbocycles. The molecule has 1 aliphatic heterocycles. The molecule has 0 amide bonds. The fourth-order valence-electron chi connectivity index (χ4n) is 3.41. The summed E-state index contributed by atoms with van der Waals surface area (Å²) < 4.78 is 24.1. The molecule has 148 valence electrons. The Morgan fingerprint density at radius 2 is 1.79 bits per heavy atom. The minimum atomic E-state index is -1.50. The van der Waals surface area contributed by atoms with Crippen molar-refractivity contribution in [3.8, 4) is 18.1 Å². The Morgan fingerprint density at radius 3 is 2.39 bits per heavy atom. The van der Waals surface area contributed by atoms with Crippen LogP contribution in [0.25, 0.3) is 0 Å². The minimum Gasteiger partial charge on any atom is -0.496 e. The summed E-state index contributed by atoms with van der Waals surface area (Å²) in [6.07, 6.45) is -0.602. The summed E-state index contributed by atoms with van der Waals surface area (Å²) in [5.41, 5.74) is 3.19. The van der Waals surface area contributed by atoms with Gasteiger partial charge in [-0.05, 0) is 41.0 Å². The van der Waals surface area contributed by atoms with Gasteiger partial charge in [-0.2, -0.15) is 0 Å². The molecule has 0 aromatic heterocycles. The van der Waals surface area contributed by atoms with Crippen LogP contribution in [0.3, 0.4) is 0 Å². The lowest BCUT2D eigenvalue weighted by Gasteiger charge is -2.40. The number of terminal acetylenes is 1. The first-order chi connectivity index (χ1) is 13.5. The van der Waals surface area contributed by atoms with Crippen LogP contribution in [0, 0.1) is 12.3 Å². The molecular weight excluding hydrogens is 363 g/mol. The first-order valence-corrected chi connectivity index (χ1v) is 8.96. The fourth-order valence-corrected chi connectivity index (χ4v) is 3.41. The first kappa shape index (κ1) is 20.3. The summed E-state index contributed by atoms with van der Waals surface area (Å²) in [5, 5.41) is 30.2. The highest BCUT2D eigenvalue weighted by Crippen LogP contribution is 2.35. The third-order valence-corrected chi connectivity index (χ3v) is 5.01. The van der Waals surface area contributed by atoms with Crippen molar-refractivity contribution in [3.05, 3.63) is 64.7 Å². The van der Waals surface area contributed by atoms with Crippen LogP contribution in [0.15, 0.2) is 42.5 Å². The summed E-state index contributed by atoms with van der Waals surface area (Å²) in [6.45, 7) is -0.966. The van der Waals surface area contributed by atoms with Gasteiger partial charge < -0.3 is 24.8 Å². The molecule has 0 aliphatic carbocycles. The van der Waals surface area contributed by atoms with E-state index in [1.165, 1.54) is 0 Å². The summed E-state index contributed by atoms with van der Waals surface area (Å²) in [4.78, 5) is 0. The van der Waals surface area contributed by atoms with Crippen LogP contribution in [0.5, 0.6) is 5.75 Å². The number of hydrogen-bond acceptors (Lipinski definition) is 5. The molecule has 3 rings (SSSR count). The van der Waals surface area contributed by atoms with Gasteiger partial charge in [-0.15, -0.1) is 6.42 Å². The zero-order valence-electron chi connectivity index (χ0n) is 15.5. The van der Waals surface area contributed by atoms with Gasteiger partial charge in [-0.1, -0.05) is 24.1 Å². The van der Waals surface area contributed by atoms with Crippen molar-refractivity contribution in [2.75, 3.05) is 13.8 Å². The molecule has 5 atom stereocenters. The SMILES string of the molecule is C#Cc1ccc(Cc2cc([C@@H]3O[C@H](CF)[C@@H](O)[C@H](O)[C@H]3O)ccc2OC)cc1. The monoisotopic (exact) mass is 386 g/mol. The first-order valence-electron chi connectivity index (χ1n) is 8.96. The Labute approximate surface area is 163 Å². The molecule has 1 saturated heterocycles. The van der Waals surface area contributed by atoms with E-state index in [1.807, 2.05) is 24.3 Å². The number of alkyl halides is 1. The largest absolute Gasteiger partial charge is 0.496 e. The zero-order valence-corrected chi connectivity index (χ0v) is 15.5. The fraction of sp³-hybridized carbons (Fsp3) is 0.364. The molecule has 1 fully saturated rings. The van der Waals surface area contributed by atoms with Crippen LogP contribution < -0.4 is 4.74 Å². The van der Waals surface area contributed by atoms with Crippen LogP contribution in [-0.2, 0) is 11.2 Å². The maximum atomic E-state index is 13.2. The Morgan fingerprint density at radius 1 is 1.07 bits per heavy atom. The summed E-state index contributed by atoms with van der Waals surface area (Å²) in [5.74, 6) is 3.22. The Kier molecular flexibility index (Phi) is 6.32. The quantitative estimate of drug-likeness (QED) is 0.683. The van der Waals surface area contributed by atoms with Crippen LogP contribution >= 0.6 is 0 Å². The van der Waals surface area contributed by atoms with Crippen LogP contribution in [0.2, 0.25) is 0 Å². The Balaban J connectivity index is 1.90. The van der Waals surface area contributed by atoms with E-state index < -0.39 is 37.2 Å². The van der Waals surface area contributed by atoms with Crippen molar-refractivity contribution < 1.29 is 29.2 Å². The van der Waals surface area contributed by atoms with Crippen molar-refractivity contribution >= 4 is 0 Å².